The van der Waals surface area contributed by atoms with E-state index in [0.29, 0.717) is 13.0 Å². The first-order valence-electron chi connectivity index (χ1n) is 6.14. The predicted molar refractivity (Wildman–Crippen MR) is 72.1 cm³/mol. The first kappa shape index (κ1) is 13.9. The highest BCUT2D eigenvalue weighted by Gasteiger charge is 2.10. The third kappa shape index (κ3) is 3.28. The second kappa shape index (κ2) is 6.60. The first-order chi connectivity index (χ1) is 9.74. The molecular formula is C14H16N2O4. The Bertz CT molecular complexity index is 567. The number of benzene rings is 1. The van der Waals surface area contributed by atoms with E-state index in [1.807, 2.05) is 18.2 Å². The Hall–Kier alpha value is -2.50. The summed E-state index contributed by atoms with van der Waals surface area (Å²) < 4.78 is 15.2. The van der Waals surface area contributed by atoms with Crippen molar-refractivity contribution in [3.63, 3.8) is 0 Å². The van der Waals surface area contributed by atoms with Crippen molar-refractivity contribution in [1.29, 1.82) is 0 Å². The molecule has 2 rings (SSSR count). The van der Waals surface area contributed by atoms with Gasteiger partial charge in [0.25, 0.3) is 5.91 Å². The van der Waals surface area contributed by atoms with E-state index < -0.39 is 0 Å². The summed E-state index contributed by atoms with van der Waals surface area (Å²) in [7, 11) is 3.22. The van der Waals surface area contributed by atoms with Crippen molar-refractivity contribution >= 4 is 5.91 Å². The summed E-state index contributed by atoms with van der Waals surface area (Å²) in [5.41, 5.74) is 0.963. The topological polar surface area (TPSA) is 73.6 Å². The van der Waals surface area contributed by atoms with Crippen molar-refractivity contribution in [3.8, 4) is 11.5 Å². The van der Waals surface area contributed by atoms with Crippen LogP contribution < -0.4 is 14.8 Å². The van der Waals surface area contributed by atoms with Crippen molar-refractivity contribution < 1.29 is 18.8 Å². The zero-order valence-electron chi connectivity index (χ0n) is 11.4. The van der Waals surface area contributed by atoms with Crippen LogP contribution in [0.25, 0.3) is 0 Å². The van der Waals surface area contributed by atoms with Crippen molar-refractivity contribution in [2.75, 3.05) is 20.8 Å². The first-order valence-corrected chi connectivity index (χ1v) is 6.14. The highest BCUT2D eigenvalue weighted by Crippen LogP contribution is 2.24. The minimum absolute atomic E-state index is 0.197. The quantitative estimate of drug-likeness (QED) is 0.868. The zero-order valence-corrected chi connectivity index (χ0v) is 11.4. The molecule has 0 spiro atoms. The van der Waals surface area contributed by atoms with Crippen LogP contribution in [0.2, 0.25) is 0 Å². The number of nitrogens with zero attached hydrogens (tertiary/aromatic N) is 1. The van der Waals surface area contributed by atoms with Gasteiger partial charge in [-0.15, -0.1) is 0 Å². The van der Waals surface area contributed by atoms with Crippen LogP contribution in [-0.2, 0) is 6.42 Å². The van der Waals surface area contributed by atoms with Gasteiger partial charge in [0.05, 0.1) is 20.4 Å². The lowest BCUT2D eigenvalue weighted by atomic mass is 10.1. The summed E-state index contributed by atoms with van der Waals surface area (Å²) in [6.45, 7) is 0.461. The van der Waals surface area contributed by atoms with E-state index in [9.17, 15) is 4.79 Å². The van der Waals surface area contributed by atoms with Crippen molar-refractivity contribution in [3.05, 3.63) is 41.8 Å². The van der Waals surface area contributed by atoms with Crippen LogP contribution >= 0.6 is 0 Å². The average Bonchev–Trinajstić information content (AvgIpc) is 3.01. The molecule has 106 valence electrons. The summed E-state index contributed by atoms with van der Waals surface area (Å²) in [6.07, 6.45) is 2.06. The molecule has 0 unspecified atom stereocenters. The van der Waals surface area contributed by atoms with Crippen molar-refractivity contribution in [2.24, 2.45) is 0 Å². The Morgan fingerprint density at radius 3 is 2.80 bits per heavy atom. The molecule has 6 nitrogen and oxygen atoms in total. The minimum Gasteiger partial charge on any atom is -0.497 e. The number of carbonyl (C=O) groups is 1. The predicted octanol–water partition coefficient (Wildman–Crippen LogP) is 1.66. The van der Waals surface area contributed by atoms with Gasteiger partial charge in [-0.3, -0.25) is 4.79 Å². The molecule has 0 aliphatic heterocycles. The van der Waals surface area contributed by atoms with Gasteiger partial charge >= 0.3 is 0 Å². The van der Waals surface area contributed by atoms with E-state index in [-0.39, 0.29) is 11.7 Å². The molecule has 0 radical (unpaired) electrons. The molecule has 20 heavy (non-hydrogen) atoms. The molecule has 0 bridgehead atoms. The SMILES string of the molecule is COc1ccc(OC)c(CCNC(=O)c2ccno2)c1. The molecular weight excluding hydrogens is 260 g/mol. The molecule has 6 heteroatoms. The maximum atomic E-state index is 11.7. The van der Waals surface area contributed by atoms with Gasteiger partial charge in [-0.25, -0.2) is 0 Å². The number of aromatic nitrogens is 1. The average molecular weight is 276 g/mol. The minimum atomic E-state index is -0.288. The lowest BCUT2D eigenvalue weighted by Crippen LogP contribution is -2.25. The summed E-state index contributed by atoms with van der Waals surface area (Å²) in [5, 5.41) is 6.24. The summed E-state index contributed by atoms with van der Waals surface area (Å²) in [6, 6.07) is 7.07. The van der Waals surface area contributed by atoms with Crippen LogP contribution in [0.1, 0.15) is 16.1 Å². The fourth-order valence-corrected chi connectivity index (χ4v) is 1.81. The molecule has 0 saturated carbocycles. The maximum absolute atomic E-state index is 11.7. The van der Waals surface area contributed by atoms with E-state index in [1.54, 1.807) is 14.2 Å². The third-order valence-corrected chi connectivity index (χ3v) is 2.83. The lowest BCUT2D eigenvalue weighted by Gasteiger charge is -2.10. The number of nitrogens with one attached hydrogen (secondary N) is 1. The van der Waals surface area contributed by atoms with Crippen LogP contribution in [0, 0.1) is 0 Å². The van der Waals surface area contributed by atoms with Gasteiger partial charge < -0.3 is 19.3 Å². The van der Waals surface area contributed by atoms with Gasteiger partial charge in [0.1, 0.15) is 11.5 Å². The maximum Gasteiger partial charge on any atom is 0.289 e. The molecule has 1 aromatic carbocycles. The van der Waals surface area contributed by atoms with Gasteiger partial charge in [0, 0.05) is 12.6 Å². The third-order valence-electron chi connectivity index (χ3n) is 2.83. The molecule has 0 saturated heterocycles. The lowest BCUT2D eigenvalue weighted by molar-refractivity contribution is 0.0917. The molecule has 1 heterocycles. The molecule has 0 aliphatic rings. The van der Waals surface area contributed by atoms with Crippen LogP contribution in [0.15, 0.2) is 35.0 Å². The van der Waals surface area contributed by atoms with E-state index in [2.05, 4.69) is 10.5 Å². The van der Waals surface area contributed by atoms with Gasteiger partial charge in [0.2, 0.25) is 5.76 Å². The van der Waals surface area contributed by atoms with Gasteiger partial charge in [-0.1, -0.05) is 5.16 Å². The van der Waals surface area contributed by atoms with Crippen molar-refractivity contribution in [1.82, 2.24) is 10.5 Å². The Labute approximate surface area is 116 Å². The molecule has 0 aliphatic carbocycles. The van der Waals surface area contributed by atoms with Crippen LogP contribution in [0.3, 0.4) is 0 Å². The monoisotopic (exact) mass is 276 g/mol. The number of rotatable bonds is 6. The Morgan fingerprint density at radius 1 is 1.30 bits per heavy atom. The fourth-order valence-electron chi connectivity index (χ4n) is 1.81. The zero-order chi connectivity index (χ0) is 14.4. The van der Waals surface area contributed by atoms with E-state index in [1.165, 1.54) is 12.3 Å². The molecule has 1 N–H and O–H groups in total. The number of ether oxygens (including phenoxy) is 2. The largest absolute Gasteiger partial charge is 0.497 e. The van der Waals surface area contributed by atoms with Crippen LogP contribution in [0.5, 0.6) is 11.5 Å². The second-order valence-corrected chi connectivity index (χ2v) is 4.06. The standard InChI is InChI=1S/C14H16N2O4/c1-18-11-3-4-12(19-2)10(9-11)5-7-15-14(17)13-6-8-16-20-13/h3-4,6,8-9H,5,7H2,1-2H3,(H,15,17). The fraction of sp³-hybridized carbons (Fsp3) is 0.286. The Kier molecular flexibility index (Phi) is 4.60. The molecule has 1 amide bonds. The van der Waals surface area contributed by atoms with Gasteiger partial charge in [0.15, 0.2) is 0 Å². The van der Waals surface area contributed by atoms with Crippen LogP contribution in [-0.4, -0.2) is 31.8 Å². The van der Waals surface area contributed by atoms with E-state index in [0.717, 1.165) is 17.1 Å². The highest BCUT2D eigenvalue weighted by molar-refractivity contribution is 5.91. The number of amides is 1. The normalized spacial score (nSPS) is 10.1. The van der Waals surface area contributed by atoms with Gasteiger partial charge in [-0.05, 0) is 30.2 Å². The van der Waals surface area contributed by atoms with E-state index in [4.69, 9.17) is 14.0 Å². The molecule has 2 aromatic rings. The number of methoxy groups -OCH3 is 2. The second-order valence-electron chi connectivity index (χ2n) is 4.06. The summed E-state index contributed by atoms with van der Waals surface area (Å²) in [5.74, 6) is 1.43. The Balaban J connectivity index is 1.95. The smallest absolute Gasteiger partial charge is 0.289 e. The molecule has 0 fully saturated rings. The number of hydrogen-bond acceptors (Lipinski definition) is 5. The van der Waals surface area contributed by atoms with E-state index >= 15 is 0 Å². The summed E-state index contributed by atoms with van der Waals surface area (Å²) >= 11 is 0. The summed E-state index contributed by atoms with van der Waals surface area (Å²) in [4.78, 5) is 11.7. The molecule has 1 aromatic heterocycles. The highest BCUT2D eigenvalue weighted by atomic mass is 16.5. The Morgan fingerprint density at radius 2 is 2.15 bits per heavy atom. The number of hydrogen-bond donors (Lipinski definition) is 1. The number of carbonyl (C=O) groups excluding carboxylic acids is 1. The van der Waals surface area contributed by atoms with Crippen molar-refractivity contribution in [2.45, 2.75) is 6.42 Å². The van der Waals surface area contributed by atoms with Crippen LogP contribution in [0.4, 0.5) is 0 Å². The molecule has 0 atom stereocenters. The van der Waals surface area contributed by atoms with Gasteiger partial charge in [-0.2, -0.15) is 0 Å².